The molecule has 0 unspecified atom stereocenters. The van der Waals surface area contributed by atoms with Crippen LogP contribution in [0, 0.1) is 0 Å². The van der Waals surface area contributed by atoms with Crippen LogP contribution in [-0.2, 0) is 0 Å². The van der Waals surface area contributed by atoms with Gasteiger partial charge in [-0.15, -0.1) is 0 Å². The highest BCUT2D eigenvalue weighted by molar-refractivity contribution is 7.99. The molecule has 1 nitrogen and oxygen atoms in total. The molecule has 0 saturated carbocycles. The Morgan fingerprint density at radius 1 is 0.556 bits per heavy atom. The minimum Gasteiger partial charge on any atom is -0.254 e. The Morgan fingerprint density at radius 3 is 2.07 bits per heavy atom. The molecule has 2 heteroatoms. The molecule has 0 atom stereocenters. The molecule has 5 rings (SSSR count). The molecule has 0 aliphatic rings. The van der Waals surface area contributed by atoms with Gasteiger partial charge in [-0.2, -0.15) is 0 Å². The summed E-state index contributed by atoms with van der Waals surface area (Å²) in [5, 5.41) is 4.88. The second-order valence-electron chi connectivity index (χ2n) is 6.47. The molecule has 0 aliphatic heterocycles. The van der Waals surface area contributed by atoms with Crippen LogP contribution in [0.5, 0.6) is 0 Å². The molecule has 0 amide bonds. The average molecular weight is 363 g/mol. The van der Waals surface area contributed by atoms with E-state index >= 15 is 0 Å². The zero-order chi connectivity index (χ0) is 18.1. The summed E-state index contributed by atoms with van der Waals surface area (Å²) < 4.78 is 0. The number of fused-ring (bicyclic) bond motifs is 2. The van der Waals surface area contributed by atoms with Gasteiger partial charge in [0.05, 0.1) is 5.69 Å². The fourth-order valence-electron chi connectivity index (χ4n) is 3.47. The fourth-order valence-corrected chi connectivity index (χ4v) is 4.55. The molecular formula is C25H17NS. The van der Waals surface area contributed by atoms with Crippen molar-refractivity contribution in [1.82, 2.24) is 4.98 Å². The molecule has 0 aliphatic carbocycles. The van der Waals surface area contributed by atoms with Crippen LogP contribution >= 0.6 is 11.8 Å². The van der Waals surface area contributed by atoms with E-state index < -0.39 is 0 Å². The Kier molecular flexibility index (Phi) is 4.11. The van der Waals surface area contributed by atoms with Gasteiger partial charge in [-0.1, -0.05) is 96.7 Å². The summed E-state index contributed by atoms with van der Waals surface area (Å²) >= 11 is 1.78. The molecule has 0 N–H and O–H groups in total. The highest BCUT2D eigenvalue weighted by Crippen LogP contribution is 2.41. The van der Waals surface area contributed by atoms with Crippen LogP contribution in [-0.4, -0.2) is 4.98 Å². The lowest BCUT2D eigenvalue weighted by molar-refractivity contribution is 1.29. The second-order valence-corrected chi connectivity index (χ2v) is 7.55. The first-order chi connectivity index (χ1) is 13.4. The fraction of sp³-hybridized carbons (Fsp3) is 0. The number of hydrogen-bond donors (Lipinski definition) is 0. The van der Waals surface area contributed by atoms with E-state index in [0.29, 0.717) is 0 Å². The van der Waals surface area contributed by atoms with Gasteiger partial charge in [-0.25, -0.2) is 0 Å². The zero-order valence-electron chi connectivity index (χ0n) is 14.7. The Morgan fingerprint density at radius 2 is 1.22 bits per heavy atom. The third kappa shape index (κ3) is 2.98. The molecule has 5 aromatic rings. The van der Waals surface area contributed by atoms with Gasteiger partial charge in [0, 0.05) is 26.9 Å². The monoisotopic (exact) mass is 363 g/mol. The first-order valence-electron chi connectivity index (χ1n) is 8.99. The van der Waals surface area contributed by atoms with Crippen molar-refractivity contribution >= 4 is 33.3 Å². The maximum Gasteiger partial charge on any atom is 0.0854 e. The number of hydrogen-bond acceptors (Lipinski definition) is 2. The third-order valence-corrected chi connectivity index (χ3v) is 5.89. The molecule has 128 valence electrons. The van der Waals surface area contributed by atoms with Crippen LogP contribution < -0.4 is 0 Å². The minimum atomic E-state index is 1.04. The van der Waals surface area contributed by atoms with Gasteiger partial charge in [-0.05, 0) is 28.3 Å². The molecule has 1 aromatic heterocycles. The maximum atomic E-state index is 4.90. The quantitative estimate of drug-likeness (QED) is 0.336. The Hall–Kier alpha value is -3.10. The normalized spacial score (nSPS) is 11.1. The molecule has 4 aromatic carbocycles. The van der Waals surface area contributed by atoms with Crippen molar-refractivity contribution in [3.8, 4) is 11.3 Å². The lowest BCUT2D eigenvalue weighted by Gasteiger charge is -2.14. The molecular weight excluding hydrogens is 346 g/mol. The van der Waals surface area contributed by atoms with E-state index in [1.807, 2.05) is 6.20 Å². The average Bonchev–Trinajstić information content (AvgIpc) is 2.74. The van der Waals surface area contributed by atoms with Gasteiger partial charge in [0.2, 0.25) is 0 Å². The zero-order valence-corrected chi connectivity index (χ0v) is 15.5. The van der Waals surface area contributed by atoms with E-state index in [0.717, 1.165) is 5.69 Å². The second kappa shape index (κ2) is 6.90. The summed E-state index contributed by atoms with van der Waals surface area (Å²) in [4.78, 5) is 7.33. The van der Waals surface area contributed by atoms with Crippen LogP contribution in [0.2, 0.25) is 0 Å². The number of pyridine rings is 1. The van der Waals surface area contributed by atoms with Crippen molar-refractivity contribution in [2.75, 3.05) is 0 Å². The van der Waals surface area contributed by atoms with Gasteiger partial charge in [0.1, 0.15) is 0 Å². The van der Waals surface area contributed by atoms with E-state index in [9.17, 15) is 0 Å². The summed E-state index contributed by atoms with van der Waals surface area (Å²) in [5.41, 5.74) is 2.22. The molecule has 0 spiro atoms. The van der Waals surface area contributed by atoms with E-state index in [-0.39, 0.29) is 0 Å². The number of aromatic nitrogens is 1. The SMILES string of the molecule is c1ccc(Sc2c(-c3cccc4ccccc34)ncc3ccccc23)cc1. The topological polar surface area (TPSA) is 12.9 Å². The predicted molar refractivity (Wildman–Crippen MR) is 115 cm³/mol. The van der Waals surface area contributed by atoms with E-state index in [1.165, 1.54) is 36.9 Å². The van der Waals surface area contributed by atoms with Gasteiger partial charge in [0.25, 0.3) is 0 Å². The largest absolute Gasteiger partial charge is 0.254 e. The van der Waals surface area contributed by atoms with Crippen LogP contribution in [0.4, 0.5) is 0 Å². The van der Waals surface area contributed by atoms with E-state index in [2.05, 4.69) is 97.1 Å². The summed E-state index contributed by atoms with van der Waals surface area (Å²) in [5.74, 6) is 0. The van der Waals surface area contributed by atoms with Crippen LogP contribution in [0.3, 0.4) is 0 Å². The standard InChI is InChI=1S/C25H17NS/c1-2-12-20(13-3-1)27-25-22-15-7-5-10-19(22)17-26-24(25)23-16-8-11-18-9-4-6-14-21(18)23/h1-17H. The lowest BCUT2D eigenvalue weighted by Crippen LogP contribution is -1.91. The molecule has 0 fully saturated rings. The Bertz CT molecular complexity index is 1240. The minimum absolute atomic E-state index is 1.04. The maximum absolute atomic E-state index is 4.90. The molecule has 27 heavy (non-hydrogen) atoms. The van der Waals surface area contributed by atoms with Crippen molar-refractivity contribution in [2.24, 2.45) is 0 Å². The van der Waals surface area contributed by atoms with E-state index in [1.54, 1.807) is 11.8 Å². The van der Waals surface area contributed by atoms with Crippen molar-refractivity contribution in [1.29, 1.82) is 0 Å². The highest BCUT2D eigenvalue weighted by atomic mass is 32.2. The van der Waals surface area contributed by atoms with Crippen LogP contribution in [0.15, 0.2) is 113 Å². The van der Waals surface area contributed by atoms with Crippen LogP contribution in [0.25, 0.3) is 32.8 Å². The molecule has 1 heterocycles. The first kappa shape index (κ1) is 16.1. The summed E-state index contributed by atoms with van der Waals surface area (Å²) in [6, 6.07) is 34.0. The third-order valence-electron chi connectivity index (χ3n) is 4.76. The van der Waals surface area contributed by atoms with Crippen molar-refractivity contribution in [3.05, 3.63) is 103 Å². The van der Waals surface area contributed by atoms with Crippen LogP contribution in [0.1, 0.15) is 0 Å². The molecule has 0 saturated heterocycles. The summed E-state index contributed by atoms with van der Waals surface area (Å²) in [7, 11) is 0. The molecule has 0 bridgehead atoms. The smallest absolute Gasteiger partial charge is 0.0854 e. The molecule has 0 radical (unpaired) electrons. The van der Waals surface area contributed by atoms with Crippen molar-refractivity contribution < 1.29 is 0 Å². The summed E-state index contributed by atoms with van der Waals surface area (Å²) in [6.45, 7) is 0. The Balaban J connectivity index is 1.80. The lowest BCUT2D eigenvalue weighted by atomic mass is 10.0. The van der Waals surface area contributed by atoms with Gasteiger partial charge in [-0.3, -0.25) is 4.98 Å². The first-order valence-corrected chi connectivity index (χ1v) is 9.80. The summed E-state index contributed by atoms with van der Waals surface area (Å²) in [6.07, 6.45) is 1.99. The number of nitrogens with zero attached hydrogens (tertiary/aromatic N) is 1. The Labute approximate surface area is 162 Å². The van der Waals surface area contributed by atoms with E-state index in [4.69, 9.17) is 4.98 Å². The van der Waals surface area contributed by atoms with Crippen molar-refractivity contribution in [3.63, 3.8) is 0 Å². The van der Waals surface area contributed by atoms with Gasteiger partial charge in [0.15, 0.2) is 0 Å². The highest BCUT2D eigenvalue weighted by Gasteiger charge is 2.14. The van der Waals surface area contributed by atoms with Crippen molar-refractivity contribution in [2.45, 2.75) is 9.79 Å². The number of benzene rings is 4. The predicted octanol–water partition coefficient (Wildman–Crippen LogP) is 7.21. The number of rotatable bonds is 3. The van der Waals surface area contributed by atoms with Gasteiger partial charge < -0.3 is 0 Å². The van der Waals surface area contributed by atoms with Gasteiger partial charge >= 0.3 is 0 Å².